The predicted molar refractivity (Wildman–Crippen MR) is 181 cm³/mol. The molecular weight excluding hydrogens is 648 g/mol. The van der Waals surface area contributed by atoms with Crippen LogP contribution >= 0.6 is 7.82 Å². The predicted octanol–water partition coefficient (Wildman–Crippen LogP) is 6.37. The van der Waals surface area contributed by atoms with Crippen LogP contribution in [0.5, 0.6) is 0 Å². The zero-order valence-electron chi connectivity index (χ0n) is 29.2. The molecule has 0 aromatic rings. The lowest BCUT2D eigenvalue weighted by molar-refractivity contribution is -0.274. The van der Waals surface area contributed by atoms with Crippen LogP contribution in [0.3, 0.4) is 0 Å². The van der Waals surface area contributed by atoms with Gasteiger partial charge in [0.25, 0.3) is 0 Å². The molecular formula is C24H62O10PSi6-. The van der Waals surface area contributed by atoms with Crippen molar-refractivity contribution in [2.24, 2.45) is 0 Å². The van der Waals surface area contributed by atoms with Crippen molar-refractivity contribution in [3.63, 3.8) is 0 Å². The summed E-state index contributed by atoms with van der Waals surface area (Å²) < 4.78 is 52.9. The Morgan fingerprint density at radius 1 is 0.585 bits per heavy atom. The average molecular weight is 710 g/mol. The molecule has 0 unspecified atom stereocenters. The molecule has 0 bridgehead atoms. The van der Waals surface area contributed by atoms with E-state index in [9.17, 15) is 14.6 Å². The highest BCUT2D eigenvalue weighted by Crippen LogP contribution is 2.44. The Bertz CT molecular complexity index is 821. The summed E-state index contributed by atoms with van der Waals surface area (Å²) in [4.78, 5) is 11.3. The molecule has 0 amide bonds. The van der Waals surface area contributed by atoms with Gasteiger partial charge in [0.2, 0.25) is 7.82 Å². The Balaban J connectivity index is 0.00000103. The fourth-order valence-electron chi connectivity index (χ4n) is 3.68. The van der Waals surface area contributed by atoms with E-state index in [2.05, 4.69) is 78.6 Å². The van der Waals surface area contributed by atoms with E-state index in [1.807, 2.05) is 39.3 Å². The van der Waals surface area contributed by atoms with Crippen LogP contribution in [0.1, 0.15) is 0 Å². The second-order valence-electron chi connectivity index (χ2n) is 16.4. The Labute approximate surface area is 257 Å². The van der Waals surface area contributed by atoms with E-state index in [0.717, 1.165) is 0 Å². The van der Waals surface area contributed by atoms with Crippen molar-refractivity contribution < 1.29 is 45.4 Å². The third-order valence-electron chi connectivity index (χ3n) is 4.53. The van der Waals surface area contributed by atoms with Crippen LogP contribution in [0.4, 0.5) is 0 Å². The largest absolute Gasteiger partial charge is 0.757 e. The van der Waals surface area contributed by atoms with Gasteiger partial charge in [0, 0.05) is 0 Å². The summed E-state index contributed by atoms with van der Waals surface area (Å²) in [6, 6.07) is 0. The van der Waals surface area contributed by atoms with Crippen LogP contribution in [0.15, 0.2) is 0 Å². The minimum Gasteiger partial charge on any atom is -0.757 e. The van der Waals surface area contributed by atoms with Gasteiger partial charge in [-0.2, -0.15) is 0 Å². The molecule has 248 valence electrons. The number of rotatable bonds is 13. The molecule has 0 aromatic carbocycles. The van der Waals surface area contributed by atoms with Gasteiger partial charge in [0.05, 0.1) is 6.61 Å². The van der Waals surface area contributed by atoms with Crippen LogP contribution < -0.4 is 4.89 Å². The maximum atomic E-state index is 11.3. The van der Waals surface area contributed by atoms with E-state index in [1.165, 1.54) is 0 Å². The van der Waals surface area contributed by atoms with E-state index < -0.39 is 70.1 Å². The lowest BCUT2D eigenvalue weighted by Gasteiger charge is -2.49. The summed E-state index contributed by atoms with van der Waals surface area (Å²) in [5.74, 6) is 0. The van der Waals surface area contributed by atoms with Crippen molar-refractivity contribution in [3.05, 3.63) is 0 Å². The molecule has 0 aliphatic carbocycles. The average Bonchev–Trinajstić information content (AvgIpc) is 2.58. The highest BCUT2D eigenvalue weighted by atomic mass is 31.2. The third-order valence-corrected chi connectivity index (χ3v) is 14.7. The van der Waals surface area contributed by atoms with Gasteiger partial charge >= 0.3 is 0 Å². The molecule has 5 atom stereocenters. The Kier molecular flexibility index (Phi) is 15.6. The fourth-order valence-corrected chi connectivity index (χ4v) is 13.4. The SMILES string of the molecule is C[Si](C)(C)OC[C@H]1O[C@H](O)[C@@H](O[Si](C)(C)C)[C@@H](O[Si](C)(C)C)[C@@H]1O[Si](C)(C)C.C[Si](C)(C)OP(=O)([O-])O[Si](C)(C)C. The second kappa shape index (κ2) is 15.2. The molecule has 1 heterocycles. The first-order valence-corrected chi connectivity index (χ1v) is 36.3. The molecule has 1 aliphatic heterocycles. The topological polar surface area (TPSA) is 125 Å². The van der Waals surface area contributed by atoms with Gasteiger partial charge in [-0.15, -0.1) is 0 Å². The number of phosphoric acid groups is 1. The molecule has 1 saturated heterocycles. The summed E-state index contributed by atoms with van der Waals surface area (Å²) in [7, 11) is -15.7. The van der Waals surface area contributed by atoms with E-state index in [0.29, 0.717) is 6.61 Å². The maximum Gasteiger partial charge on any atom is 0.248 e. The van der Waals surface area contributed by atoms with E-state index in [-0.39, 0.29) is 18.3 Å². The molecule has 1 rings (SSSR count). The monoisotopic (exact) mass is 709 g/mol. The van der Waals surface area contributed by atoms with Crippen LogP contribution in [0, 0.1) is 0 Å². The molecule has 10 nitrogen and oxygen atoms in total. The van der Waals surface area contributed by atoms with Gasteiger partial charge in [-0.25, -0.2) is 0 Å². The fraction of sp³-hybridized carbons (Fsp3) is 1.00. The highest BCUT2D eigenvalue weighted by Gasteiger charge is 2.51. The summed E-state index contributed by atoms with van der Waals surface area (Å²) in [6.07, 6.45) is -2.67. The van der Waals surface area contributed by atoms with Gasteiger partial charge < -0.3 is 40.9 Å². The van der Waals surface area contributed by atoms with Crippen molar-refractivity contribution in [1.82, 2.24) is 0 Å². The van der Waals surface area contributed by atoms with Crippen molar-refractivity contribution in [2.75, 3.05) is 6.61 Å². The van der Waals surface area contributed by atoms with Crippen molar-refractivity contribution in [3.8, 4) is 0 Å². The zero-order valence-corrected chi connectivity index (χ0v) is 36.1. The quantitative estimate of drug-likeness (QED) is 0.170. The molecule has 0 spiro atoms. The van der Waals surface area contributed by atoms with Gasteiger partial charge in [0.15, 0.2) is 56.2 Å². The van der Waals surface area contributed by atoms with Crippen molar-refractivity contribution >= 4 is 57.7 Å². The summed E-state index contributed by atoms with van der Waals surface area (Å²) in [5.41, 5.74) is 0. The molecule has 41 heavy (non-hydrogen) atoms. The second-order valence-corrected chi connectivity index (χ2v) is 45.1. The van der Waals surface area contributed by atoms with E-state index in [4.69, 9.17) is 30.9 Å². The number of ether oxygens (including phenoxy) is 1. The van der Waals surface area contributed by atoms with Gasteiger partial charge in [-0.3, -0.25) is 4.57 Å². The molecule has 0 radical (unpaired) electrons. The Morgan fingerprint density at radius 2 is 0.927 bits per heavy atom. The van der Waals surface area contributed by atoms with Crippen LogP contribution in [-0.4, -0.2) is 92.3 Å². The van der Waals surface area contributed by atoms with Crippen LogP contribution in [0.25, 0.3) is 0 Å². The standard InChI is InChI=1S/C18H44O6Si4.C6H19O4PSi2/c1-25(2,3)20-13-14-15(22-26(4,5)6)16(23-27(7,8)9)17(18(19)21-14)24-28(10,11)12;1-12(2,3)9-11(7,8)10-13(4,5)6/h14-19H,13H2,1-12H3;1-6H3,(H,7,8)/p-1/t14-,15-,16+,17+,18+;/m1./s1. The van der Waals surface area contributed by atoms with E-state index in [1.54, 1.807) is 0 Å². The smallest absolute Gasteiger partial charge is 0.248 e. The molecule has 1 N–H and O–H groups in total. The Hall–Kier alpha value is 1.17. The summed E-state index contributed by atoms with van der Waals surface area (Å²) in [6.45, 7) is 37.0. The molecule has 0 saturated carbocycles. The summed E-state index contributed by atoms with van der Waals surface area (Å²) >= 11 is 0. The number of hydrogen-bond acceptors (Lipinski definition) is 10. The van der Waals surface area contributed by atoms with Gasteiger partial charge in [-0.1, -0.05) is 0 Å². The molecule has 0 aromatic heterocycles. The first kappa shape index (κ1) is 42.2. The van der Waals surface area contributed by atoms with Crippen LogP contribution in [0.2, 0.25) is 118 Å². The lowest BCUT2D eigenvalue weighted by Crippen LogP contribution is -2.66. The van der Waals surface area contributed by atoms with Crippen molar-refractivity contribution in [2.45, 2.75) is 149 Å². The van der Waals surface area contributed by atoms with Gasteiger partial charge in [-0.05, 0) is 118 Å². The summed E-state index contributed by atoms with van der Waals surface area (Å²) in [5, 5.41) is 10.8. The molecule has 17 heteroatoms. The van der Waals surface area contributed by atoms with E-state index >= 15 is 0 Å². The number of aliphatic hydroxyl groups excluding tert-OH is 1. The highest BCUT2D eigenvalue weighted by molar-refractivity contribution is 7.49. The first-order valence-electron chi connectivity index (χ1n) is 14.4. The minimum atomic E-state index is -4.06. The number of aliphatic hydroxyl groups is 1. The lowest BCUT2D eigenvalue weighted by atomic mass is 9.99. The molecule has 1 aliphatic rings. The minimum absolute atomic E-state index is 0.320. The first-order chi connectivity index (χ1) is 17.7. The number of hydrogen-bond donors (Lipinski definition) is 1. The van der Waals surface area contributed by atoms with Crippen molar-refractivity contribution in [1.29, 1.82) is 0 Å². The van der Waals surface area contributed by atoms with Crippen LogP contribution in [-0.2, 0) is 35.4 Å². The molecule has 1 fully saturated rings. The maximum absolute atomic E-state index is 11.3. The Morgan fingerprint density at radius 3 is 1.24 bits per heavy atom. The van der Waals surface area contributed by atoms with Gasteiger partial charge in [0.1, 0.15) is 24.4 Å². The third kappa shape index (κ3) is 21.5. The zero-order chi connectivity index (χ0) is 33.0. The normalized spacial score (nSPS) is 25.5.